The van der Waals surface area contributed by atoms with Crippen molar-refractivity contribution < 1.29 is 14.1 Å². The van der Waals surface area contributed by atoms with Crippen LogP contribution in [0.3, 0.4) is 0 Å². The number of carboxylic acid groups (broad SMARTS) is 1. The Morgan fingerprint density at radius 1 is 0.647 bits per heavy atom. The lowest BCUT2D eigenvalue weighted by Crippen LogP contribution is -2.12. The first-order valence-corrected chi connectivity index (χ1v) is 14.2. The van der Waals surface area contributed by atoms with Crippen LogP contribution < -0.4 is 0 Å². The topological polar surface area (TPSA) is 46.5 Å². The van der Waals surface area contributed by atoms with Crippen molar-refractivity contribution in [2.75, 3.05) is 0 Å². The summed E-state index contributed by atoms with van der Waals surface area (Å²) in [6.07, 6.45) is 11.7. The number of hydrogen-bond acceptors (Lipinski definition) is 2. The Kier molecular flexibility index (Phi) is 10.6. The number of hydrogen-bond donors (Lipinski definition) is 1. The van der Waals surface area contributed by atoms with Crippen LogP contribution in [0.2, 0.25) is 0 Å². The zero-order valence-electron chi connectivity index (χ0n) is 20.3. The van der Waals surface area contributed by atoms with Crippen LogP contribution in [0.15, 0.2) is 99.6 Å². The van der Waals surface area contributed by atoms with E-state index in [1.54, 1.807) is 0 Å². The fourth-order valence-electron chi connectivity index (χ4n) is 4.37. The lowest BCUT2D eigenvalue weighted by atomic mass is 10.0. The van der Waals surface area contributed by atoms with Gasteiger partial charge in [0.25, 0.3) is 0 Å². The van der Waals surface area contributed by atoms with Crippen molar-refractivity contribution in [1.29, 1.82) is 0 Å². The van der Waals surface area contributed by atoms with Crippen LogP contribution in [-0.4, -0.2) is 11.3 Å². The molecule has 0 aliphatic heterocycles. The van der Waals surface area contributed by atoms with Crippen LogP contribution >= 0.6 is 10.3 Å². The molecule has 182 valence electrons. The first-order chi connectivity index (χ1) is 16.7. The van der Waals surface area contributed by atoms with Gasteiger partial charge in [-0.25, -0.2) is 4.79 Å². The molecule has 3 aromatic rings. The molecule has 0 unspecified atom stereocenters. The van der Waals surface area contributed by atoms with E-state index in [1.165, 1.54) is 63.4 Å². The van der Waals surface area contributed by atoms with E-state index in [4.69, 9.17) is 4.18 Å². The van der Waals surface area contributed by atoms with Crippen LogP contribution in [0.4, 0.5) is 4.79 Å². The van der Waals surface area contributed by atoms with Crippen molar-refractivity contribution in [3.63, 3.8) is 0 Å². The van der Waals surface area contributed by atoms with Gasteiger partial charge >= 0.3 is 6.16 Å². The van der Waals surface area contributed by atoms with Crippen molar-refractivity contribution >= 4 is 16.5 Å². The van der Waals surface area contributed by atoms with Crippen molar-refractivity contribution in [2.45, 2.75) is 85.8 Å². The third kappa shape index (κ3) is 7.14. The van der Waals surface area contributed by atoms with E-state index in [1.807, 2.05) is 60.7 Å². The number of rotatable bonds is 14. The average molecular weight is 479 g/mol. The van der Waals surface area contributed by atoms with Gasteiger partial charge in [-0.1, -0.05) is 107 Å². The SMILES string of the molecule is CCCCCCCCCCCc1ccc(S(OC(=O)O)(c2ccccc2)c2ccccc2)cc1. The molecule has 0 amide bonds. The lowest BCUT2D eigenvalue weighted by Gasteiger charge is -2.38. The summed E-state index contributed by atoms with van der Waals surface area (Å²) in [5.41, 5.74) is 1.29. The molecule has 4 heteroatoms. The van der Waals surface area contributed by atoms with Crippen molar-refractivity contribution in [3.8, 4) is 0 Å². The monoisotopic (exact) mass is 478 g/mol. The van der Waals surface area contributed by atoms with Crippen molar-refractivity contribution in [3.05, 3.63) is 90.5 Å². The van der Waals surface area contributed by atoms with E-state index in [-0.39, 0.29) is 0 Å². The fraction of sp³-hybridized carbons (Fsp3) is 0.367. The molecule has 0 fully saturated rings. The highest BCUT2D eigenvalue weighted by atomic mass is 32.3. The van der Waals surface area contributed by atoms with Gasteiger partial charge in [0.1, 0.15) is 0 Å². The maximum absolute atomic E-state index is 11.9. The molecule has 3 nitrogen and oxygen atoms in total. The molecule has 0 radical (unpaired) electrons. The Labute approximate surface area is 206 Å². The molecule has 3 aromatic carbocycles. The summed E-state index contributed by atoms with van der Waals surface area (Å²) in [6, 6.07) is 27.8. The van der Waals surface area contributed by atoms with Gasteiger partial charge in [-0.05, 0) is 65.1 Å². The van der Waals surface area contributed by atoms with Gasteiger partial charge in [-0.15, -0.1) is 0 Å². The Balaban J connectivity index is 1.71. The van der Waals surface area contributed by atoms with Gasteiger partial charge in [-0.3, -0.25) is 0 Å². The largest absolute Gasteiger partial charge is 0.517 e. The van der Waals surface area contributed by atoms with Crippen LogP contribution in [0.5, 0.6) is 0 Å². The van der Waals surface area contributed by atoms with Gasteiger partial charge in [0.15, 0.2) is 0 Å². The predicted molar refractivity (Wildman–Crippen MR) is 142 cm³/mol. The molecule has 0 heterocycles. The molecule has 0 saturated carbocycles. The molecular weight excluding hydrogens is 440 g/mol. The minimum atomic E-state index is -2.39. The van der Waals surface area contributed by atoms with Gasteiger partial charge in [0, 0.05) is 14.7 Å². The number of benzene rings is 3. The summed E-state index contributed by atoms with van der Waals surface area (Å²) >= 11 is 0. The number of unbranched alkanes of at least 4 members (excludes halogenated alkanes) is 8. The minimum absolute atomic E-state index is 0.871. The quantitative estimate of drug-likeness (QED) is 0.235. The maximum Gasteiger partial charge on any atom is 0.517 e. The van der Waals surface area contributed by atoms with Crippen LogP contribution in [-0.2, 0) is 10.6 Å². The highest BCUT2D eigenvalue weighted by Crippen LogP contribution is 2.69. The first kappa shape index (κ1) is 25.9. The molecule has 3 rings (SSSR count). The smallest absolute Gasteiger partial charge is 0.449 e. The van der Waals surface area contributed by atoms with E-state index >= 15 is 0 Å². The summed E-state index contributed by atoms with van der Waals surface area (Å²) in [7, 11) is -2.39. The first-order valence-electron chi connectivity index (χ1n) is 12.6. The second kappa shape index (κ2) is 13.9. The van der Waals surface area contributed by atoms with Gasteiger partial charge in [-0.2, -0.15) is 0 Å². The molecule has 1 N–H and O–H groups in total. The van der Waals surface area contributed by atoms with Gasteiger partial charge < -0.3 is 9.29 Å². The van der Waals surface area contributed by atoms with E-state index < -0.39 is 16.5 Å². The molecule has 0 aliphatic carbocycles. The minimum Gasteiger partial charge on any atom is -0.449 e. The third-order valence-electron chi connectivity index (χ3n) is 6.17. The summed E-state index contributed by atoms with van der Waals surface area (Å²) in [4.78, 5) is 14.5. The van der Waals surface area contributed by atoms with E-state index in [2.05, 4.69) is 31.2 Å². The number of aryl methyl sites for hydroxylation is 1. The van der Waals surface area contributed by atoms with E-state index in [0.717, 1.165) is 21.1 Å². The highest BCUT2D eigenvalue weighted by molar-refractivity contribution is 8.30. The van der Waals surface area contributed by atoms with Crippen LogP contribution in [0.1, 0.15) is 70.3 Å². The third-order valence-corrected chi connectivity index (χ3v) is 9.37. The fourth-order valence-corrected chi connectivity index (χ4v) is 7.29. The van der Waals surface area contributed by atoms with E-state index in [9.17, 15) is 9.90 Å². The molecular formula is C30H38O3S. The molecule has 0 aromatic heterocycles. The Hall–Kier alpha value is -2.72. The average Bonchev–Trinajstić information content (AvgIpc) is 2.87. The van der Waals surface area contributed by atoms with Gasteiger partial charge in [0.2, 0.25) is 0 Å². The Morgan fingerprint density at radius 3 is 1.56 bits per heavy atom. The van der Waals surface area contributed by atoms with Crippen LogP contribution in [0.25, 0.3) is 0 Å². The maximum atomic E-state index is 11.9. The molecule has 34 heavy (non-hydrogen) atoms. The molecule has 0 atom stereocenters. The zero-order chi connectivity index (χ0) is 24.1. The van der Waals surface area contributed by atoms with E-state index in [0.29, 0.717) is 0 Å². The molecule has 0 spiro atoms. The second-order valence-corrected chi connectivity index (χ2v) is 11.4. The van der Waals surface area contributed by atoms with Gasteiger partial charge in [0.05, 0.1) is 0 Å². The Morgan fingerprint density at radius 2 is 1.09 bits per heavy atom. The van der Waals surface area contributed by atoms with Crippen LogP contribution in [0, 0.1) is 0 Å². The second-order valence-electron chi connectivity index (χ2n) is 8.75. The summed E-state index contributed by atoms with van der Waals surface area (Å²) in [5.74, 6) is 0. The number of carbonyl (C=O) groups is 1. The Bertz CT molecular complexity index is 931. The molecule has 0 aliphatic rings. The van der Waals surface area contributed by atoms with Crippen molar-refractivity contribution in [2.24, 2.45) is 0 Å². The lowest BCUT2D eigenvalue weighted by molar-refractivity contribution is 0.150. The molecule has 0 bridgehead atoms. The molecule has 0 saturated heterocycles. The zero-order valence-corrected chi connectivity index (χ0v) is 21.1. The standard InChI is InChI=1S/C30H38O3S/c1-2-3-4-5-6-7-8-9-12-17-26-22-24-29(25-23-26)34(33-30(31)32,27-18-13-10-14-19-27)28-20-15-11-16-21-28/h10-11,13-16,18-25H,2-9,12,17H2,1H3,(H,31,32). The normalized spacial score (nSPS) is 11.8. The van der Waals surface area contributed by atoms with Crippen molar-refractivity contribution in [1.82, 2.24) is 0 Å². The highest BCUT2D eigenvalue weighted by Gasteiger charge is 2.35. The summed E-state index contributed by atoms with van der Waals surface area (Å²) in [6.45, 7) is 2.26. The summed E-state index contributed by atoms with van der Waals surface area (Å²) in [5, 5.41) is 9.73. The summed E-state index contributed by atoms with van der Waals surface area (Å²) < 4.78 is 5.80. The predicted octanol–water partition coefficient (Wildman–Crippen LogP) is 9.65.